The highest BCUT2D eigenvalue weighted by Gasteiger charge is 2.03. The van der Waals surface area contributed by atoms with Crippen LogP contribution in [0.25, 0.3) is 11.3 Å². The average molecular weight is 324 g/mol. The Balaban J connectivity index is 2.08. The van der Waals surface area contributed by atoms with E-state index in [1.54, 1.807) is 11.3 Å². The highest BCUT2D eigenvalue weighted by Crippen LogP contribution is 2.25. The number of hydrogen-bond acceptors (Lipinski definition) is 4. The van der Waals surface area contributed by atoms with Gasteiger partial charge < -0.3 is 0 Å². The van der Waals surface area contributed by atoms with E-state index in [-0.39, 0.29) is 0 Å². The molecule has 0 saturated carbocycles. The van der Waals surface area contributed by atoms with Gasteiger partial charge in [-0.1, -0.05) is 41.9 Å². The first-order valence-electron chi connectivity index (χ1n) is 5.66. The number of rotatable bonds is 4. The Bertz CT molecular complexity index is 531. The maximum absolute atomic E-state index is 4.49. The quantitative estimate of drug-likeness (QED) is 0.658. The van der Waals surface area contributed by atoms with Crippen molar-refractivity contribution in [2.75, 3.05) is 5.43 Å². The minimum absolute atomic E-state index is 0.434. The predicted octanol–water partition coefficient (Wildman–Crippen LogP) is 4.63. The predicted molar refractivity (Wildman–Crippen MR) is 82.2 cm³/mol. The second-order valence-corrected chi connectivity index (χ2v) is 5.95. The molecule has 0 aliphatic carbocycles. The summed E-state index contributed by atoms with van der Waals surface area (Å²) >= 11 is 4.97. The van der Waals surface area contributed by atoms with Crippen LogP contribution in [-0.2, 0) is 0 Å². The lowest BCUT2D eigenvalue weighted by molar-refractivity contribution is 0.904. The topological polar surface area (TPSA) is 37.3 Å². The molecule has 0 amide bonds. The van der Waals surface area contributed by atoms with Gasteiger partial charge in [0.15, 0.2) is 0 Å². The highest BCUT2D eigenvalue weighted by molar-refractivity contribution is 9.10. The SMILES string of the molecule is CC(C)/C=N/Nc1nc(-c2ccc(Br)cc2)cs1. The number of aromatic nitrogens is 1. The standard InChI is InChI=1S/C13H14BrN3S/c1-9(2)7-15-17-13-16-12(8-18-13)10-3-5-11(14)6-4-10/h3-9H,1-2H3,(H,16,17)/b15-7+. The number of nitrogens with one attached hydrogen (secondary N) is 1. The Morgan fingerprint density at radius 1 is 1.33 bits per heavy atom. The van der Waals surface area contributed by atoms with Crippen molar-refractivity contribution in [3.05, 3.63) is 34.1 Å². The maximum Gasteiger partial charge on any atom is 0.203 e. The second-order valence-electron chi connectivity index (χ2n) is 4.18. The molecular formula is C13H14BrN3S. The van der Waals surface area contributed by atoms with Crippen molar-refractivity contribution in [2.24, 2.45) is 11.0 Å². The van der Waals surface area contributed by atoms with Crippen molar-refractivity contribution in [3.63, 3.8) is 0 Å². The Kier molecular flexibility index (Phi) is 4.49. The number of hydrazone groups is 1. The van der Waals surface area contributed by atoms with E-state index in [1.165, 1.54) is 0 Å². The van der Waals surface area contributed by atoms with E-state index in [2.05, 4.69) is 45.3 Å². The summed E-state index contributed by atoms with van der Waals surface area (Å²) in [6.07, 6.45) is 1.86. The number of benzene rings is 1. The highest BCUT2D eigenvalue weighted by atomic mass is 79.9. The molecule has 94 valence electrons. The molecule has 18 heavy (non-hydrogen) atoms. The van der Waals surface area contributed by atoms with Gasteiger partial charge in [-0.3, -0.25) is 5.43 Å². The number of hydrogen-bond donors (Lipinski definition) is 1. The van der Waals surface area contributed by atoms with E-state index in [4.69, 9.17) is 0 Å². The van der Waals surface area contributed by atoms with Crippen molar-refractivity contribution in [3.8, 4) is 11.3 Å². The van der Waals surface area contributed by atoms with Gasteiger partial charge in [0.2, 0.25) is 5.13 Å². The minimum Gasteiger partial charge on any atom is -0.253 e. The molecule has 0 bridgehead atoms. The van der Waals surface area contributed by atoms with E-state index in [0.717, 1.165) is 20.9 Å². The van der Waals surface area contributed by atoms with Crippen LogP contribution in [0.5, 0.6) is 0 Å². The van der Waals surface area contributed by atoms with Crippen molar-refractivity contribution < 1.29 is 0 Å². The molecule has 1 N–H and O–H groups in total. The van der Waals surface area contributed by atoms with Crippen molar-refractivity contribution >= 4 is 38.6 Å². The third kappa shape index (κ3) is 3.65. The van der Waals surface area contributed by atoms with Crippen LogP contribution in [-0.4, -0.2) is 11.2 Å². The molecule has 1 heterocycles. The number of halogens is 1. The fraction of sp³-hybridized carbons (Fsp3) is 0.231. The van der Waals surface area contributed by atoms with E-state index in [1.807, 2.05) is 35.9 Å². The average Bonchev–Trinajstić information content (AvgIpc) is 2.78. The van der Waals surface area contributed by atoms with Crippen molar-refractivity contribution in [1.29, 1.82) is 0 Å². The van der Waals surface area contributed by atoms with Gasteiger partial charge in [0.05, 0.1) is 5.69 Å². The van der Waals surface area contributed by atoms with Gasteiger partial charge >= 0.3 is 0 Å². The largest absolute Gasteiger partial charge is 0.253 e. The van der Waals surface area contributed by atoms with Gasteiger partial charge in [0.25, 0.3) is 0 Å². The molecule has 1 aromatic heterocycles. The molecule has 1 aromatic carbocycles. The van der Waals surface area contributed by atoms with Crippen LogP contribution in [0.3, 0.4) is 0 Å². The van der Waals surface area contributed by atoms with Gasteiger partial charge in [0, 0.05) is 21.6 Å². The molecule has 0 atom stereocenters. The van der Waals surface area contributed by atoms with E-state index >= 15 is 0 Å². The van der Waals surface area contributed by atoms with Gasteiger partial charge in [-0.05, 0) is 18.1 Å². The lowest BCUT2D eigenvalue weighted by Crippen LogP contribution is -1.93. The zero-order valence-corrected chi connectivity index (χ0v) is 12.6. The lowest BCUT2D eigenvalue weighted by Gasteiger charge is -1.97. The molecule has 0 unspecified atom stereocenters. The summed E-state index contributed by atoms with van der Waals surface area (Å²) in [5, 5.41) is 6.96. The Morgan fingerprint density at radius 2 is 2.06 bits per heavy atom. The summed E-state index contributed by atoms with van der Waals surface area (Å²) in [5.41, 5.74) is 5.02. The zero-order chi connectivity index (χ0) is 13.0. The molecule has 0 radical (unpaired) electrons. The minimum atomic E-state index is 0.434. The zero-order valence-electron chi connectivity index (χ0n) is 10.2. The molecule has 2 rings (SSSR count). The van der Waals surface area contributed by atoms with Crippen LogP contribution in [0.2, 0.25) is 0 Å². The summed E-state index contributed by atoms with van der Waals surface area (Å²) in [4.78, 5) is 4.49. The molecule has 2 aromatic rings. The van der Waals surface area contributed by atoms with Gasteiger partial charge in [-0.25, -0.2) is 4.98 Å². The first-order chi connectivity index (χ1) is 8.65. The summed E-state index contributed by atoms with van der Waals surface area (Å²) in [7, 11) is 0. The van der Waals surface area contributed by atoms with Crippen LogP contribution < -0.4 is 5.43 Å². The van der Waals surface area contributed by atoms with E-state index < -0.39 is 0 Å². The number of thiazole rings is 1. The number of anilines is 1. The monoisotopic (exact) mass is 323 g/mol. The summed E-state index contributed by atoms with van der Waals surface area (Å²) in [6.45, 7) is 4.17. The molecule has 0 spiro atoms. The van der Waals surface area contributed by atoms with Crippen LogP contribution in [0.4, 0.5) is 5.13 Å². The Labute approximate surface area is 119 Å². The lowest BCUT2D eigenvalue weighted by atomic mass is 10.2. The van der Waals surface area contributed by atoms with Crippen LogP contribution in [0.15, 0.2) is 39.2 Å². The molecule has 0 saturated heterocycles. The van der Waals surface area contributed by atoms with Crippen LogP contribution >= 0.6 is 27.3 Å². The van der Waals surface area contributed by atoms with Gasteiger partial charge in [-0.15, -0.1) is 11.3 Å². The summed E-state index contributed by atoms with van der Waals surface area (Å²) in [6, 6.07) is 8.11. The van der Waals surface area contributed by atoms with Gasteiger partial charge in [0.1, 0.15) is 0 Å². The fourth-order valence-electron chi connectivity index (χ4n) is 1.32. The summed E-state index contributed by atoms with van der Waals surface area (Å²) < 4.78 is 1.07. The number of nitrogens with zero attached hydrogens (tertiary/aromatic N) is 2. The molecular weight excluding hydrogens is 310 g/mol. The molecule has 5 heteroatoms. The molecule has 0 aliphatic heterocycles. The van der Waals surface area contributed by atoms with Crippen molar-refractivity contribution in [2.45, 2.75) is 13.8 Å². The Hall–Kier alpha value is -1.20. The van der Waals surface area contributed by atoms with Gasteiger partial charge in [-0.2, -0.15) is 5.10 Å². The third-order valence-corrected chi connectivity index (χ3v) is 3.45. The summed E-state index contributed by atoms with van der Waals surface area (Å²) in [5.74, 6) is 0.434. The Morgan fingerprint density at radius 3 is 2.72 bits per heavy atom. The van der Waals surface area contributed by atoms with E-state index in [9.17, 15) is 0 Å². The van der Waals surface area contributed by atoms with Crippen molar-refractivity contribution in [1.82, 2.24) is 4.98 Å². The smallest absolute Gasteiger partial charge is 0.203 e. The van der Waals surface area contributed by atoms with Crippen LogP contribution in [0, 0.1) is 5.92 Å². The first-order valence-corrected chi connectivity index (χ1v) is 7.33. The first kappa shape index (κ1) is 13.2. The second kappa shape index (κ2) is 6.11. The molecule has 3 nitrogen and oxygen atoms in total. The van der Waals surface area contributed by atoms with E-state index in [0.29, 0.717) is 5.92 Å². The van der Waals surface area contributed by atoms with Crippen LogP contribution in [0.1, 0.15) is 13.8 Å². The molecule has 0 aliphatic rings. The maximum atomic E-state index is 4.49. The normalized spacial score (nSPS) is 11.3. The third-order valence-electron chi connectivity index (χ3n) is 2.18. The molecule has 0 fully saturated rings. The fourth-order valence-corrected chi connectivity index (χ4v) is 2.25.